The minimum absolute atomic E-state index is 0.0570. The monoisotopic (exact) mass is 494 g/mol. The zero-order chi connectivity index (χ0) is 25.7. The number of methoxy groups -OCH3 is 1. The molecule has 186 valence electrons. The van der Waals surface area contributed by atoms with Gasteiger partial charge in [0.2, 0.25) is 0 Å². The molecule has 10 heteroatoms. The number of carbonyl (C=O) groups excluding carboxylic acids is 2. The Labute approximate surface area is 205 Å². The van der Waals surface area contributed by atoms with Crippen molar-refractivity contribution in [1.82, 2.24) is 14.9 Å². The fourth-order valence-corrected chi connectivity index (χ4v) is 3.67. The van der Waals surface area contributed by atoms with Gasteiger partial charge in [-0.25, -0.2) is 4.98 Å². The first-order valence-corrected chi connectivity index (χ1v) is 11.1. The maximum Gasteiger partial charge on any atom is 0.320 e. The molecule has 2 N–H and O–H groups in total. The third-order valence-corrected chi connectivity index (χ3v) is 5.39. The van der Waals surface area contributed by atoms with Gasteiger partial charge >= 0.3 is 6.55 Å². The standard InChI is InChI=1S/C26H24F2N4O4/c1-16(24-31-21-8-3-4-9-22(21)32(24)26(27)28)29-25(34)17-10-12-19(13-11-17)36-15-23(33)30-18-6-5-7-20(14-18)35-2/h3-14,16,26H,15H2,1-2H3,(H,29,34)(H,30,33). The number of benzene rings is 3. The van der Waals surface area contributed by atoms with Crippen LogP contribution in [0.3, 0.4) is 0 Å². The van der Waals surface area contributed by atoms with E-state index in [4.69, 9.17) is 9.47 Å². The normalized spacial score (nSPS) is 11.8. The minimum atomic E-state index is -2.80. The van der Waals surface area contributed by atoms with Crippen LogP contribution >= 0.6 is 0 Å². The molecule has 1 heterocycles. The van der Waals surface area contributed by atoms with Crippen molar-refractivity contribution in [2.45, 2.75) is 19.5 Å². The van der Waals surface area contributed by atoms with Crippen molar-refractivity contribution in [2.24, 2.45) is 0 Å². The average Bonchev–Trinajstić information content (AvgIpc) is 3.28. The summed E-state index contributed by atoms with van der Waals surface area (Å²) in [7, 11) is 1.54. The molecule has 36 heavy (non-hydrogen) atoms. The zero-order valence-electron chi connectivity index (χ0n) is 19.6. The Morgan fingerprint density at radius 3 is 2.47 bits per heavy atom. The van der Waals surface area contributed by atoms with Gasteiger partial charge in [0.1, 0.15) is 17.3 Å². The Balaban J connectivity index is 1.35. The topological polar surface area (TPSA) is 94.5 Å². The highest BCUT2D eigenvalue weighted by atomic mass is 19.3. The molecule has 0 aliphatic rings. The molecule has 3 aromatic carbocycles. The number of aromatic nitrogens is 2. The summed E-state index contributed by atoms with van der Waals surface area (Å²) in [4.78, 5) is 29.1. The van der Waals surface area contributed by atoms with Gasteiger partial charge in [-0.05, 0) is 55.5 Å². The number of alkyl halides is 2. The molecule has 0 radical (unpaired) electrons. The average molecular weight is 494 g/mol. The van der Waals surface area contributed by atoms with E-state index < -0.39 is 18.5 Å². The Bertz CT molecular complexity index is 1370. The predicted molar refractivity (Wildman–Crippen MR) is 130 cm³/mol. The molecule has 0 aliphatic heterocycles. The van der Waals surface area contributed by atoms with Crippen LogP contribution in [-0.4, -0.2) is 35.1 Å². The molecule has 0 fully saturated rings. The highest BCUT2D eigenvalue weighted by Crippen LogP contribution is 2.27. The molecule has 0 saturated heterocycles. The lowest BCUT2D eigenvalue weighted by Crippen LogP contribution is -2.28. The van der Waals surface area contributed by atoms with Crippen LogP contribution in [0, 0.1) is 0 Å². The first kappa shape index (κ1) is 24.6. The number of halogens is 2. The van der Waals surface area contributed by atoms with E-state index in [0.717, 1.165) is 4.57 Å². The van der Waals surface area contributed by atoms with Crippen molar-refractivity contribution in [3.63, 3.8) is 0 Å². The van der Waals surface area contributed by atoms with Crippen molar-refractivity contribution in [1.29, 1.82) is 0 Å². The van der Waals surface area contributed by atoms with E-state index in [1.165, 1.54) is 19.2 Å². The second kappa shape index (κ2) is 10.9. The van der Waals surface area contributed by atoms with E-state index >= 15 is 0 Å². The highest BCUT2D eigenvalue weighted by Gasteiger charge is 2.23. The van der Waals surface area contributed by atoms with E-state index in [1.54, 1.807) is 67.6 Å². The highest BCUT2D eigenvalue weighted by molar-refractivity contribution is 5.94. The second-order valence-electron chi connectivity index (χ2n) is 7.89. The number of fused-ring (bicyclic) bond motifs is 1. The molecule has 4 aromatic rings. The lowest BCUT2D eigenvalue weighted by molar-refractivity contribution is -0.118. The number of hydrogen-bond donors (Lipinski definition) is 2. The van der Waals surface area contributed by atoms with Gasteiger partial charge in [0.25, 0.3) is 11.8 Å². The third kappa shape index (κ3) is 5.60. The Kier molecular flexibility index (Phi) is 7.43. The second-order valence-corrected chi connectivity index (χ2v) is 7.89. The minimum Gasteiger partial charge on any atom is -0.497 e. The van der Waals surface area contributed by atoms with E-state index in [1.807, 2.05) is 0 Å². The third-order valence-electron chi connectivity index (χ3n) is 5.39. The Hall–Kier alpha value is -4.47. The number of anilines is 1. The summed E-state index contributed by atoms with van der Waals surface area (Å²) in [6, 6.07) is 18.9. The molecule has 0 aliphatic carbocycles. The molecule has 1 atom stereocenters. The molecule has 0 bridgehead atoms. The maximum atomic E-state index is 13.7. The van der Waals surface area contributed by atoms with E-state index in [2.05, 4.69) is 15.6 Å². The van der Waals surface area contributed by atoms with Crippen LogP contribution < -0.4 is 20.1 Å². The van der Waals surface area contributed by atoms with Crippen LogP contribution in [0.1, 0.15) is 35.7 Å². The first-order chi connectivity index (χ1) is 17.4. The molecule has 1 aromatic heterocycles. The predicted octanol–water partition coefficient (Wildman–Crippen LogP) is 4.95. The summed E-state index contributed by atoms with van der Waals surface area (Å²) in [5, 5.41) is 5.41. The van der Waals surface area contributed by atoms with Gasteiger partial charge in [0.05, 0.1) is 24.2 Å². The van der Waals surface area contributed by atoms with E-state index in [-0.39, 0.29) is 18.3 Å². The number of carbonyl (C=O) groups is 2. The number of rotatable bonds is 9. The van der Waals surface area contributed by atoms with Gasteiger partial charge in [-0.2, -0.15) is 8.78 Å². The van der Waals surface area contributed by atoms with Crippen molar-refractivity contribution >= 4 is 28.5 Å². The summed E-state index contributed by atoms with van der Waals surface area (Å²) in [5.41, 5.74) is 1.59. The number of ether oxygens (including phenoxy) is 2. The Morgan fingerprint density at radius 1 is 1.00 bits per heavy atom. The molecule has 8 nitrogen and oxygen atoms in total. The smallest absolute Gasteiger partial charge is 0.320 e. The van der Waals surface area contributed by atoms with Gasteiger partial charge < -0.3 is 20.1 Å². The maximum absolute atomic E-state index is 13.7. The van der Waals surface area contributed by atoms with Crippen LogP contribution in [0.15, 0.2) is 72.8 Å². The van der Waals surface area contributed by atoms with Gasteiger partial charge in [-0.15, -0.1) is 0 Å². The van der Waals surface area contributed by atoms with Crippen LogP contribution in [0.25, 0.3) is 11.0 Å². The number of hydrogen-bond acceptors (Lipinski definition) is 5. The molecular formula is C26H24F2N4O4. The summed E-state index contributed by atoms with van der Waals surface area (Å²) < 4.78 is 38.8. The van der Waals surface area contributed by atoms with Crippen LogP contribution in [0.5, 0.6) is 11.5 Å². The Morgan fingerprint density at radius 2 is 1.75 bits per heavy atom. The number of imidazole rings is 1. The van der Waals surface area contributed by atoms with Gasteiger partial charge in [0.15, 0.2) is 6.61 Å². The lowest BCUT2D eigenvalue weighted by atomic mass is 10.2. The number of amides is 2. The largest absolute Gasteiger partial charge is 0.497 e. The molecule has 1 unspecified atom stereocenters. The molecule has 4 rings (SSSR count). The van der Waals surface area contributed by atoms with Gasteiger partial charge in [-0.1, -0.05) is 18.2 Å². The fraction of sp³-hybridized carbons (Fsp3) is 0.192. The summed E-state index contributed by atoms with van der Waals surface area (Å²) in [5.74, 6) is 0.239. The van der Waals surface area contributed by atoms with Crippen LogP contribution in [-0.2, 0) is 4.79 Å². The van der Waals surface area contributed by atoms with Crippen molar-refractivity contribution < 1.29 is 27.8 Å². The summed E-state index contributed by atoms with van der Waals surface area (Å²) >= 11 is 0. The van der Waals surface area contributed by atoms with E-state index in [0.29, 0.717) is 33.8 Å². The number of para-hydroxylation sites is 2. The van der Waals surface area contributed by atoms with Crippen LogP contribution in [0.4, 0.5) is 14.5 Å². The molecular weight excluding hydrogens is 470 g/mol. The van der Waals surface area contributed by atoms with Gasteiger partial charge in [0, 0.05) is 17.3 Å². The molecule has 2 amide bonds. The molecule has 0 spiro atoms. The fourth-order valence-electron chi connectivity index (χ4n) is 3.67. The summed E-state index contributed by atoms with van der Waals surface area (Å²) in [6.07, 6.45) is 0. The zero-order valence-corrected chi connectivity index (χ0v) is 19.6. The van der Waals surface area contributed by atoms with Crippen LogP contribution in [0.2, 0.25) is 0 Å². The molecule has 0 saturated carbocycles. The summed E-state index contributed by atoms with van der Waals surface area (Å²) in [6.45, 7) is -1.44. The number of nitrogens with one attached hydrogen (secondary N) is 2. The first-order valence-electron chi connectivity index (χ1n) is 11.1. The quantitative estimate of drug-likeness (QED) is 0.343. The van der Waals surface area contributed by atoms with E-state index in [9.17, 15) is 18.4 Å². The van der Waals surface area contributed by atoms with Gasteiger partial charge in [-0.3, -0.25) is 14.2 Å². The van der Waals surface area contributed by atoms with Crippen molar-refractivity contribution in [3.05, 3.63) is 84.2 Å². The lowest BCUT2D eigenvalue weighted by Gasteiger charge is -2.16. The SMILES string of the molecule is COc1cccc(NC(=O)COc2ccc(C(=O)NC(C)c3nc4ccccc4n3C(F)F)cc2)c1. The number of nitrogens with zero attached hydrogens (tertiary/aromatic N) is 2. The van der Waals surface area contributed by atoms with Crippen molar-refractivity contribution in [3.8, 4) is 11.5 Å². The van der Waals surface area contributed by atoms with Crippen molar-refractivity contribution in [2.75, 3.05) is 19.0 Å².